The van der Waals surface area contributed by atoms with Crippen LogP contribution in [0.4, 0.5) is 5.69 Å². The van der Waals surface area contributed by atoms with Crippen LogP contribution in [0.1, 0.15) is 18.2 Å². The summed E-state index contributed by atoms with van der Waals surface area (Å²) in [6, 6.07) is 11.1. The molecule has 0 aliphatic carbocycles. The van der Waals surface area contributed by atoms with Gasteiger partial charge >= 0.3 is 0 Å². The molecular formula is C16H21N3O2. The molecule has 1 aromatic heterocycles. The van der Waals surface area contributed by atoms with Crippen LogP contribution in [0.15, 0.2) is 47.1 Å². The molecule has 0 fully saturated rings. The van der Waals surface area contributed by atoms with Gasteiger partial charge < -0.3 is 15.5 Å². The summed E-state index contributed by atoms with van der Waals surface area (Å²) in [7, 11) is 1.92. The molecule has 0 saturated carbocycles. The molecule has 5 nitrogen and oxygen atoms in total. The SMILES string of the molecule is CC(C(=O)NCc1ccco1)N(C)Cc1ccc(N)cc1. The van der Waals surface area contributed by atoms with E-state index in [9.17, 15) is 4.79 Å². The van der Waals surface area contributed by atoms with Crippen molar-refractivity contribution in [2.24, 2.45) is 0 Å². The fourth-order valence-electron chi connectivity index (χ4n) is 1.98. The van der Waals surface area contributed by atoms with Gasteiger partial charge in [0, 0.05) is 12.2 Å². The third-order valence-corrected chi connectivity index (χ3v) is 3.47. The Balaban J connectivity index is 1.84. The van der Waals surface area contributed by atoms with Crippen LogP contribution in [0.5, 0.6) is 0 Å². The number of anilines is 1. The Kier molecular flexibility index (Phi) is 5.00. The van der Waals surface area contributed by atoms with E-state index in [1.54, 1.807) is 12.3 Å². The standard InChI is InChI=1S/C16H21N3O2/c1-12(16(20)18-10-15-4-3-9-21-15)19(2)11-13-5-7-14(17)8-6-13/h3-9,12H,10-11,17H2,1-2H3,(H,18,20). The number of hydrogen-bond acceptors (Lipinski definition) is 4. The normalized spacial score (nSPS) is 12.3. The molecule has 1 aromatic carbocycles. The van der Waals surface area contributed by atoms with Crippen molar-refractivity contribution >= 4 is 11.6 Å². The Bertz CT molecular complexity index is 564. The van der Waals surface area contributed by atoms with Gasteiger partial charge in [0.2, 0.25) is 5.91 Å². The van der Waals surface area contributed by atoms with E-state index in [4.69, 9.17) is 10.2 Å². The van der Waals surface area contributed by atoms with Gasteiger partial charge in [-0.3, -0.25) is 9.69 Å². The molecule has 0 bridgehead atoms. The second-order valence-corrected chi connectivity index (χ2v) is 5.13. The minimum atomic E-state index is -0.225. The first-order valence-electron chi connectivity index (χ1n) is 6.91. The molecule has 1 amide bonds. The van der Waals surface area contributed by atoms with Gasteiger partial charge in [-0.25, -0.2) is 0 Å². The lowest BCUT2D eigenvalue weighted by Crippen LogP contribution is -2.42. The van der Waals surface area contributed by atoms with E-state index in [-0.39, 0.29) is 11.9 Å². The topological polar surface area (TPSA) is 71.5 Å². The summed E-state index contributed by atoms with van der Waals surface area (Å²) in [5.41, 5.74) is 7.53. The number of nitrogens with zero attached hydrogens (tertiary/aromatic N) is 1. The summed E-state index contributed by atoms with van der Waals surface area (Å²) in [6.45, 7) is 2.98. The molecule has 2 rings (SSSR count). The van der Waals surface area contributed by atoms with Crippen molar-refractivity contribution in [2.45, 2.75) is 26.1 Å². The third-order valence-electron chi connectivity index (χ3n) is 3.47. The van der Waals surface area contributed by atoms with Crippen molar-refractivity contribution in [1.29, 1.82) is 0 Å². The lowest BCUT2D eigenvalue weighted by Gasteiger charge is -2.23. The van der Waals surface area contributed by atoms with E-state index < -0.39 is 0 Å². The van der Waals surface area contributed by atoms with Crippen LogP contribution in [0.2, 0.25) is 0 Å². The Morgan fingerprint density at radius 1 is 1.33 bits per heavy atom. The molecule has 3 N–H and O–H groups in total. The Morgan fingerprint density at radius 2 is 2.05 bits per heavy atom. The number of carbonyl (C=O) groups excluding carboxylic acids is 1. The van der Waals surface area contributed by atoms with E-state index in [2.05, 4.69) is 5.32 Å². The highest BCUT2D eigenvalue weighted by atomic mass is 16.3. The van der Waals surface area contributed by atoms with Crippen LogP contribution in [0.25, 0.3) is 0 Å². The molecule has 1 heterocycles. The number of carbonyl (C=O) groups is 1. The molecule has 0 radical (unpaired) electrons. The summed E-state index contributed by atoms with van der Waals surface area (Å²) in [5, 5.41) is 2.87. The molecule has 1 unspecified atom stereocenters. The number of rotatable bonds is 6. The van der Waals surface area contributed by atoms with Crippen molar-refractivity contribution in [3.8, 4) is 0 Å². The van der Waals surface area contributed by atoms with Crippen LogP contribution < -0.4 is 11.1 Å². The molecular weight excluding hydrogens is 266 g/mol. The average Bonchev–Trinajstić information content (AvgIpc) is 2.99. The van der Waals surface area contributed by atoms with E-state index in [1.807, 2.05) is 49.2 Å². The molecule has 2 aromatic rings. The second-order valence-electron chi connectivity index (χ2n) is 5.13. The first-order chi connectivity index (χ1) is 10.1. The van der Waals surface area contributed by atoms with Crippen LogP contribution >= 0.6 is 0 Å². The van der Waals surface area contributed by atoms with Crippen molar-refractivity contribution in [3.05, 3.63) is 54.0 Å². The monoisotopic (exact) mass is 287 g/mol. The summed E-state index contributed by atoms with van der Waals surface area (Å²) in [6.07, 6.45) is 1.60. The number of nitrogens with two attached hydrogens (primary N) is 1. The maximum atomic E-state index is 12.1. The van der Waals surface area contributed by atoms with Crippen LogP contribution in [-0.4, -0.2) is 23.9 Å². The molecule has 1 atom stereocenters. The number of hydrogen-bond donors (Lipinski definition) is 2. The number of furan rings is 1. The first kappa shape index (κ1) is 15.1. The van der Waals surface area contributed by atoms with Crippen molar-refractivity contribution in [2.75, 3.05) is 12.8 Å². The van der Waals surface area contributed by atoms with E-state index in [0.717, 1.165) is 17.0 Å². The van der Waals surface area contributed by atoms with E-state index in [0.29, 0.717) is 13.1 Å². The highest BCUT2D eigenvalue weighted by molar-refractivity contribution is 5.81. The quantitative estimate of drug-likeness (QED) is 0.797. The lowest BCUT2D eigenvalue weighted by molar-refractivity contribution is -0.125. The van der Waals surface area contributed by atoms with Gasteiger partial charge in [-0.1, -0.05) is 12.1 Å². The van der Waals surface area contributed by atoms with Gasteiger partial charge in [-0.15, -0.1) is 0 Å². The smallest absolute Gasteiger partial charge is 0.237 e. The van der Waals surface area contributed by atoms with Gasteiger partial charge in [0.1, 0.15) is 5.76 Å². The van der Waals surface area contributed by atoms with Crippen molar-refractivity contribution < 1.29 is 9.21 Å². The zero-order valence-corrected chi connectivity index (χ0v) is 12.4. The van der Waals surface area contributed by atoms with Crippen LogP contribution in [-0.2, 0) is 17.9 Å². The highest BCUT2D eigenvalue weighted by Gasteiger charge is 2.18. The molecule has 0 aliphatic heterocycles. The fraction of sp³-hybridized carbons (Fsp3) is 0.312. The minimum absolute atomic E-state index is 0.0238. The predicted molar refractivity (Wildman–Crippen MR) is 82.3 cm³/mol. The number of nitrogen functional groups attached to an aromatic ring is 1. The molecule has 0 saturated heterocycles. The van der Waals surface area contributed by atoms with Gasteiger partial charge in [0.25, 0.3) is 0 Å². The van der Waals surface area contributed by atoms with Gasteiger partial charge in [0.15, 0.2) is 0 Å². The predicted octanol–water partition coefficient (Wildman–Crippen LogP) is 2.00. The second kappa shape index (κ2) is 6.95. The maximum absolute atomic E-state index is 12.1. The zero-order valence-electron chi connectivity index (χ0n) is 12.4. The van der Waals surface area contributed by atoms with Gasteiger partial charge in [-0.05, 0) is 43.8 Å². The fourth-order valence-corrected chi connectivity index (χ4v) is 1.98. The summed E-state index contributed by atoms with van der Waals surface area (Å²) in [5.74, 6) is 0.723. The number of amides is 1. The maximum Gasteiger partial charge on any atom is 0.237 e. The minimum Gasteiger partial charge on any atom is -0.467 e. The number of likely N-dealkylation sites (N-methyl/N-ethyl adjacent to an activating group) is 1. The Labute approximate surface area is 124 Å². The van der Waals surface area contributed by atoms with Crippen LogP contribution in [0, 0.1) is 0 Å². The van der Waals surface area contributed by atoms with Gasteiger partial charge in [-0.2, -0.15) is 0 Å². The van der Waals surface area contributed by atoms with E-state index in [1.165, 1.54) is 0 Å². The Morgan fingerprint density at radius 3 is 2.67 bits per heavy atom. The molecule has 5 heteroatoms. The highest BCUT2D eigenvalue weighted by Crippen LogP contribution is 2.10. The largest absolute Gasteiger partial charge is 0.467 e. The molecule has 21 heavy (non-hydrogen) atoms. The zero-order chi connectivity index (χ0) is 15.2. The summed E-state index contributed by atoms with van der Waals surface area (Å²) in [4.78, 5) is 14.1. The van der Waals surface area contributed by atoms with Gasteiger partial charge in [0.05, 0.1) is 18.8 Å². The van der Waals surface area contributed by atoms with Crippen molar-refractivity contribution in [1.82, 2.24) is 10.2 Å². The average molecular weight is 287 g/mol. The molecule has 0 aliphatic rings. The summed E-state index contributed by atoms with van der Waals surface area (Å²) >= 11 is 0. The molecule has 0 spiro atoms. The third kappa shape index (κ3) is 4.36. The first-order valence-corrected chi connectivity index (χ1v) is 6.91. The number of nitrogens with one attached hydrogen (secondary N) is 1. The molecule has 112 valence electrons. The summed E-state index contributed by atoms with van der Waals surface area (Å²) < 4.78 is 5.19. The van der Waals surface area contributed by atoms with E-state index >= 15 is 0 Å². The Hall–Kier alpha value is -2.27. The number of benzene rings is 1. The van der Waals surface area contributed by atoms with Crippen LogP contribution in [0.3, 0.4) is 0 Å². The van der Waals surface area contributed by atoms with Crippen molar-refractivity contribution in [3.63, 3.8) is 0 Å². The lowest BCUT2D eigenvalue weighted by atomic mass is 10.1.